The number of hydrogen-bond acceptors (Lipinski definition) is 3. The minimum atomic E-state index is 0.137. The van der Waals surface area contributed by atoms with Crippen LogP contribution in [0.2, 0.25) is 0 Å². The SMILES string of the molecule is NNC(c1ccc(Br)cc1Br)C1CCCOC1. The first kappa shape index (κ1) is 13.5. The average Bonchev–Trinajstić information content (AvgIpc) is 2.34. The highest BCUT2D eigenvalue weighted by atomic mass is 79.9. The van der Waals surface area contributed by atoms with E-state index in [1.807, 2.05) is 12.1 Å². The Hall–Kier alpha value is 0.0600. The van der Waals surface area contributed by atoms with E-state index in [0.717, 1.165) is 35.0 Å². The molecule has 1 aliphatic rings. The van der Waals surface area contributed by atoms with Gasteiger partial charge in [-0.05, 0) is 30.5 Å². The maximum atomic E-state index is 5.70. The Morgan fingerprint density at radius 2 is 2.24 bits per heavy atom. The summed E-state index contributed by atoms with van der Waals surface area (Å²) in [5.41, 5.74) is 4.11. The first-order valence-corrected chi connectivity index (χ1v) is 7.30. The summed E-state index contributed by atoms with van der Waals surface area (Å²) in [5, 5.41) is 0. The number of nitrogens with two attached hydrogens (primary N) is 1. The van der Waals surface area contributed by atoms with E-state index >= 15 is 0 Å². The van der Waals surface area contributed by atoms with Crippen LogP contribution in [0.5, 0.6) is 0 Å². The summed E-state index contributed by atoms with van der Waals surface area (Å²) >= 11 is 7.05. The molecule has 0 spiro atoms. The molecule has 1 saturated heterocycles. The van der Waals surface area contributed by atoms with Gasteiger partial charge in [0.15, 0.2) is 0 Å². The molecule has 5 heteroatoms. The van der Waals surface area contributed by atoms with Crippen molar-refractivity contribution in [2.45, 2.75) is 18.9 Å². The Labute approximate surface area is 118 Å². The number of halogens is 2. The van der Waals surface area contributed by atoms with Crippen molar-refractivity contribution < 1.29 is 4.74 Å². The van der Waals surface area contributed by atoms with Crippen molar-refractivity contribution in [3.63, 3.8) is 0 Å². The molecule has 0 bridgehead atoms. The molecular formula is C12H16Br2N2O. The van der Waals surface area contributed by atoms with Crippen molar-refractivity contribution in [2.24, 2.45) is 11.8 Å². The molecule has 2 rings (SSSR count). The van der Waals surface area contributed by atoms with Gasteiger partial charge in [0, 0.05) is 21.5 Å². The van der Waals surface area contributed by atoms with Crippen LogP contribution < -0.4 is 11.3 Å². The molecule has 1 aromatic rings. The van der Waals surface area contributed by atoms with Crippen molar-refractivity contribution in [1.82, 2.24) is 5.43 Å². The van der Waals surface area contributed by atoms with Gasteiger partial charge in [0.1, 0.15) is 0 Å². The number of hydrogen-bond donors (Lipinski definition) is 2. The van der Waals surface area contributed by atoms with E-state index in [2.05, 4.69) is 43.4 Å². The molecule has 0 radical (unpaired) electrons. The maximum Gasteiger partial charge on any atom is 0.0521 e. The largest absolute Gasteiger partial charge is 0.381 e. The molecule has 0 aromatic heterocycles. The number of rotatable bonds is 3. The highest BCUT2D eigenvalue weighted by Gasteiger charge is 2.26. The second kappa shape index (κ2) is 6.29. The molecule has 1 aromatic carbocycles. The molecule has 2 atom stereocenters. The van der Waals surface area contributed by atoms with Crippen LogP contribution in [0.25, 0.3) is 0 Å². The highest BCUT2D eigenvalue weighted by molar-refractivity contribution is 9.11. The van der Waals surface area contributed by atoms with Gasteiger partial charge in [-0.1, -0.05) is 37.9 Å². The van der Waals surface area contributed by atoms with E-state index in [9.17, 15) is 0 Å². The summed E-state index contributed by atoms with van der Waals surface area (Å²) in [5.74, 6) is 6.14. The summed E-state index contributed by atoms with van der Waals surface area (Å²) in [6.07, 6.45) is 2.26. The third kappa shape index (κ3) is 3.29. The number of hydrazine groups is 1. The highest BCUT2D eigenvalue weighted by Crippen LogP contribution is 2.33. The van der Waals surface area contributed by atoms with Gasteiger partial charge in [-0.2, -0.15) is 0 Å². The van der Waals surface area contributed by atoms with Gasteiger partial charge < -0.3 is 4.74 Å². The minimum absolute atomic E-state index is 0.137. The molecule has 1 heterocycles. The van der Waals surface area contributed by atoms with Gasteiger partial charge in [0.25, 0.3) is 0 Å². The number of ether oxygens (including phenoxy) is 1. The van der Waals surface area contributed by atoms with E-state index < -0.39 is 0 Å². The van der Waals surface area contributed by atoms with Gasteiger partial charge in [-0.15, -0.1) is 0 Å². The smallest absolute Gasteiger partial charge is 0.0521 e. The van der Waals surface area contributed by atoms with Crippen LogP contribution >= 0.6 is 31.9 Å². The van der Waals surface area contributed by atoms with Crippen molar-refractivity contribution >= 4 is 31.9 Å². The molecule has 0 aliphatic carbocycles. The van der Waals surface area contributed by atoms with E-state index in [-0.39, 0.29) is 6.04 Å². The fourth-order valence-corrected chi connectivity index (χ4v) is 3.56. The summed E-state index contributed by atoms with van der Waals surface area (Å²) in [4.78, 5) is 0. The fraction of sp³-hybridized carbons (Fsp3) is 0.500. The first-order valence-electron chi connectivity index (χ1n) is 5.71. The van der Waals surface area contributed by atoms with E-state index in [0.29, 0.717) is 5.92 Å². The third-order valence-electron chi connectivity index (χ3n) is 3.14. The van der Waals surface area contributed by atoms with Crippen molar-refractivity contribution in [2.75, 3.05) is 13.2 Å². The molecule has 2 unspecified atom stereocenters. The standard InChI is InChI=1S/C12H16Br2N2O/c13-9-3-4-10(11(14)6-9)12(16-15)8-2-1-5-17-7-8/h3-4,6,8,12,16H,1-2,5,7,15H2. The van der Waals surface area contributed by atoms with Crippen molar-refractivity contribution in [1.29, 1.82) is 0 Å². The topological polar surface area (TPSA) is 47.3 Å². The van der Waals surface area contributed by atoms with Crippen LogP contribution in [0.1, 0.15) is 24.4 Å². The first-order chi connectivity index (χ1) is 8.22. The molecule has 1 aliphatic heterocycles. The predicted octanol–water partition coefficient (Wildman–Crippen LogP) is 3.14. The summed E-state index contributed by atoms with van der Waals surface area (Å²) in [6.45, 7) is 1.65. The van der Waals surface area contributed by atoms with Crippen LogP contribution in [-0.4, -0.2) is 13.2 Å². The van der Waals surface area contributed by atoms with Crippen LogP contribution in [0.3, 0.4) is 0 Å². The van der Waals surface area contributed by atoms with Crippen LogP contribution in [0, 0.1) is 5.92 Å². The molecule has 0 saturated carbocycles. The molecule has 3 N–H and O–H groups in total. The van der Waals surface area contributed by atoms with Gasteiger partial charge in [-0.3, -0.25) is 11.3 Å². The summed E-state index contributed by atoms with van der Waals surface area (Å²) in [7, 11) is 0. The van der Waals surface area contributed by atoms with E-state index in [1.54, 1.807) is 0 Å². The number of nitrogens with one attached hydrogen (secondary N) is 1. The second-order valence-electron chi connectivity index (χ2n) is 4.29. The van der Waals surface area contributed by atoms with Crippen LogP contribution in [0.4, 0.5) is 0 Å². The van der Waals surface area contributed by atoms with Gasteiger partial charge in [0.2, 0.25) is 0 Å². The normalized spacial score (nSPS) is 22.4. The molecule has 0 amide bonds. The maximum absolute atomic E-state index is 5.70. The van der Waals surface area contributed by atoms with Gasteiger partial charge >= 0.3 is 0 Å². The van der Waals surface area contributed by atoms with Gasteiger partial charge in [-0.25, -0.2) is 0 Å². The number of benzene rings is 1. The molecule has 17 heavy (non-hydrogen) atoms. The third-order valence-corrected chi connectivity index (χ3v) is 4.32. The monoisotopic (exact) mass is 362 g/mol. The van der Waals surface area contributed by atoms with Gasteiger partial charge in [0.05, 0.1) is 12.6 Å². The molecule has 94 valence electrons. The zero-order valence-electron chi connectivity index (χ0n) is 9.46. The molecule has 1 fully saturated rings. The van der Waals surface area contributed by atoms with Crippen LogP contribution in [0.15, 0.2) is 27.1 Å². The van der Waals surface area contributed by atoms with E-state index in [4.69, 9.17) is 10.6 Å². The lowest BCUT2D eigenvalue weighted by molar-refractivity contribution is 0.0389. The van der Waals surface area contributed by atoms with Crippen molar-refractivity contribution in [3.05, 3.63) is 32.7 Å². The van der Waals surface area contributed by atoms with Crippen molar-refractivity contribution in [3.8, 4) is 0 Å². The lowest BCUT2D eigenvalue weighted by Gasteiger charge is -2.30. The van der Waals surface area contributed by atoms with E-state index in [1.165, 1.54) is 5.56 Å². The Balaban J connectivity index is 2.21. The summed E-state index contributed by atoms with van der Waals surface area (Å²) in [6, 6.07) is 6.31. The lowest BCUT2D eigenvalue weighted by atomic mass is 9.89. The Kier molecular flexibility index (Phi) is 4.99. The summed E-state index contributed by atoms with van der Waals surface area (Å²) < 4.78 is 7.66. The Morgan fingerprint density at radius 1 is 1.41 bits per heavy atom. The molecule has 3 nitrogen and oxygen atoms in total. The average molecular weight is 364 g/mol. The predicted molar refractivity (Wildman–Crippen MR) is 75.4 cm³/mol. The Morgan fingerprint density at radius 3 is 2.82 bits per heavy atom. The van der Waals surface area contributed by atoms with Crippen LogP contribution in [-0.2, 0) is 4.74 Å². The quantitative estimate of drug-likeness (QED) is 0.640. The minimum Gasteiger partial charge on any atom is -0.381 e. The zero-order chi connectivity index (χ0) is 12.3. The lowest BCUT2D eigenvalue weighted by Crippen LogP contribution is -2.37. The zero-order valence-corrected chi connectivity index (χ0v) is 12.6. The fourth-order valence-electron chi connectivity index (χ4n) is 2.26. The molecular weight excluding hydrogens is 348 g/mol. The Bertz CT molecular complexity index is 381. The second-order valence-corrected chi connectivity index (χ2v) is 6.06.